The Labute approximate surface area is 163 Å². The van der Waals surface area contributed by atoms with Gasteiger partial charge in [0.25, 0.3) is 0 Å². The van der Waals surface area contributed by atoms with Gasteiger partial charge in [0, 0.05) is 12.8 Å². The molecule has 8 heteroatoms. The summed E-state index contributed by atoms with van der Waals surface area (Å²) < 4.78 is 13.1. The van der Waals surface area contributed by atoms with E-state index < -0.39 is 17.7 Å². The van der Waals surface area contributed by atoms with E-state index in [0.717, 1.165) is 25.2 Å². The smallest absolute Gasteiger partial charge is 0.247 e. The normalized spacial score (nSPS) is 21.7. The van der Waals surface area contributed by atoms with Gasteiger partial charge >= 0.3 is 0 Å². The van der Waals surface area contributed by atoms with Gasteiger partial charge in [-0.3, -0.25) is 19.5 Å². The topological polar surface area (TPSA) is 65.0 Å². The summed E-state index contributed by atoms with van der Waals surface area (Å²) in [5.41, 5.74) is 0.726. The number of thiocarbonyl (C=S) groups is 1. The first kappa shape index (κ1) is 19.6. The van der Waals surface area contributed by atoms with E-state index >= 15 is 0 Å². The van der Waals surface area contributed by atoms with Crippen molar-refractivity contribution in [3.05, 3.63) is 35.6 Å². The van der Waals surface area contributed by atoms with Gasteiger partial charge in [-0.05, 0) is 55.8 Å². The Kier molecular flexibility index (Phi) is 6.63. The lowest BCUT2D eigenvalue weighted by Gasteiger charge is -2.31. The number of benzene rings is 1. The van der Waals surface area contributed by atoms with Gasteiger partial charge in [0.2, 0.25) is 11.8 Å². The van der Waals surface area contributed by atoms with E-state index in [9.17, 15) is 14.0 Å². The molecule has 1 N–H and O–H groups in total. The third kappa shape index (κ3) is 5.17. The Morgan fingerprint density at radius 1 is 1.19 bits per heavy atom. The lowest BCUT2D eigenvalue weighted by atomic mass is 10.1. The summed E-state index contributed by atoms with van der Waals surface area (Å²) in [4.78, 5) is 32.8. The maximum atomic E-state index is 13.1. The van der Waals surface area contributed by atoms with Gasteiger partial charge in [0.1, 0.15) is 5.82 Å². The molecule has 0 radical (unpaired) electrons. The molecular weight excluding hydrogens is 367 g/mol. The molecule has 27 heavy (non-hydrogen) atoms. The highest BCUT2D eigenvalue weighted by Crippen LogP contribution is 2.14. The third-order valence-electron chi connectivity index (χ3n) is 4.79. The van der Waals surface area contributed by atoms with Gasteiger partial charge in [0.15, 0.2) is 11.0 Å². The van der Waals surface area contributed by atoms with Crippen LogP contribution in [0.25, 0.3) is 0 Å². The van der Waals surface area contributed by atoms with E-state index in [1.54, 1.807) is 12.1 Å². The van der Waals surface area contributed by atoms with Crippen LogP contribution in [0.5, 0.6) is 0 Å². The number of piperidine rings is 1. The predicted molar refractivity (Wildman–Crippen MR) is 105 cm³/mol. The molecule has 3 rings (SSSR count). The van der Waals surface area contributed by atoms with Crippen LogP contribution in [0, 0.1) is 11.7 Å². The van der Waals surface area contributed by atoms with Gasteiger partial charge in [-0.1, -0.05) is 18.6 Å². The van der Waals surface area contributed by atoms with E-state index in [-0.39, 0.29) is 17.5 Å². The third-order valence-corrected chi connectivity index (χ3v) is 5.11. The van der Waals surface area contributed by atoms with E-state index in [4.69, 9.17) is 12.2 Å². The summed E-state index contributed by atoms with van der Waals surface area (Å²) in [5, 5.41) is 2.62. The zero-order valence-electron chi connectivity index (χ0n) is 15.1. The monoisotopic (exact) mass is 390 g/mol. The van der Waals surface area contributed by atoms with Crippen LogP contribution in [-0.2, 0) is 16.1 Å². The number of carbonyl (C=O) groups excluding carboxylic acids is 2. The molecule has 0 unspecified atom stereocenters. The Morgan fingerprint density at radius 3 is 2.59 bits per heavy atom. The van der Waals surface area contributed by atoms with Crippen molar-refractivity contribution >= 4 is 35.4 Å². The lowest BCUT2D eigenvalue weighted by Crippen LogP contribution is -2.57. The highest BCUT2D eigenvalue weighted by molar-refractivity contribution is 7.80. The molecule has 6 nitrogen and oxygen atoms in total. The van der Waals surface area contributed by atoms with Crippen molar-refractivity contribution in [1.82, 2.24) is 15.1 Å². The van der Waals surface area contributed by atoms with Crippen LogP contribution in [0.1, 0.15) is 24.8 Å². The second-order valence-corrected chi connectivity index (χ2v) is 7.17. The number of halogens is 1. The Hall–Kier alpha value is -2.19. The minimum Gasteiger partial charge on any atom is -0.302 e. The minimum absolute atomic E-state index is 0.0623. The molecule has 1 atom stereocenters. The first-order chi connectivity index (χ1) is 13.0. The summed E-state index contributed by atoms with van der Waals surface area (Å²) in [6, 6.07) is 5.82. The van der Waals surface area contributed by atoms with Gasteiger partial charge in [-0.25, -0.2) is 4.39 Å². The maximum absolute atomic E-state index is 13.1. The SMILES string of the molecule is O=C1NC(=S)N(Cc2ccc(F)cc2)C(=O)[C@@H]1C=NCCN1CCCCC1. The van der Waals surface area contributed by atoms with Crippen molar-refractivity contribution in [1.29, 1.82) is 0 Å². The average molecular weight is 390 g/mol. The number of amides is 2. The van der Waals surface area contributed by atoms with Crippen LogP contribution >= 0.6 is 12.2 Å². The largest absolute Gasteiger partial charge is 0.302 e. The molecular formula is C19H23FN4O2S. The van der Waals surface area contributed by atoms with Crippen LogP contribution < -0.4 is 5.32 Å². The highest BCUT2D eigenvalue weighted by Gasteiger charge is 2.37. The highest BCUT2D eigenvalue weighted by atomic mass is 32.1. The molecule has 1 aromatic rings. The van der Waals surface area contributed by atoms with E-state index in [1.165, 1.54) is 42.5 Å². The van der Waals surface area contributed by atoms with Gasteiger partial charge < -0.3 is 10.2 Å². The Bertz CT molecular complexity index is 732. The number of hydrogen-bond acceptors (Lipinski definition) is 5. The van der Waals surface area contributed by atoms with E-state index in [2.05, 4.69) is 15.2 Å². The number of likely N-dealkylation sites (tertiary alicyclic amines) is 1. The number of carbonyl (C=O) groups is 2. The molecule has 144 valence electrons. The molecule has 1 aromatic carbocycles. The molecule has 2 fully saturated rings. The number of nitrogens with zero attached hydrogens (tertiary/aromatic N) is 3. The Balaban J connectivity index is 1.59. The van der Waals surface area contributed by atoms with Crippen molar-refractivity contribution in [2.75, 3.05) is 26.2 Å². The molecule has 2 amide bonds. The van der Waals surface area contributed by atoms with E-state index in [0.29, 0.717) is 6.54 Å². The van der Waals surface area contributed by atoms with Crippen LogP contribution in [0.2, 0.25) is 0 Å². The zero-order valence-corrected chi connectivity index (χ0v) is 15.9. The lowest BCUT2D eigenvalue weighted by molar-refractivity contribution is -0.138. The molecule has 0 bridgehead atoms. The van der Waals surface area contributed by atoms with Gasteiger partial charge in [-0.2, -0.15) is 0 Å². The molecule has 0 saturated carbocycles. The molecule has 2 aliphatic heterocycles. The quantitative estimate of drug-likeness (QED) is 0.457. The molecule has 0 spiro atoms. The van der Waals surface area contributed by atoms with Crippen molar-refractivity contribution in [3.63, 3.8) is 0 Å². The molecule has 0 aliphatic carbocycles. The fraction of sp³-hybridized carbons (Fsp3) is 0.474. The molecule has 2 aliphatic rings. The van der Waals surface area contributed by atoms with Crippen LogP contribution in [0.3, 0.4) is 0 Å². The van der Waals surface area contributed by atoms with Gasteiger partial charge in [-0.15, -0.1) is 0 Å². The standard InChI is InChI=1S/C19H23FN4O2S/c20-15-6-4-14(5-7-15)13-24-18(26)16(17(25)22-19(24)27)12-21-8-11-23-9-2-1-3-10-23/h4-7,12,16H,1-3,8-11,13H2,(H,22,25,27)/t16-/m1/s1. The zero-order chi connectivity index (χ0) is 19.2. The van der Waals surface area contributed by atoms with Crippen molar-refractivity contribution in [2.45, 2.75) is 25.8 Å². The second-order valence-electron chi connectivity index (χ2n) is 6.78. The first-order valence-electron chi connectivity index (χ1n) is 9.17. The average Bonchev–Trinajstić information content (AvgIpc) is 2.66. The summed E-state index contributed by atoms with van der Waals surface area (Å²) in [6.07, 6.45) is 5.12. The molecule has 2 heterocycles. The first-order valence-corrected chi connectivity index (χ1v) is 9.58. The molecule has 0 aromatic heterocycles. The summed E-state index contributed by atoms with van der Waals surface area (Å²) in [7, 11) is 0. The van der Waals surface area contributed by atoms with Crippen LogP contribution in [0.15, 0.2) is 29.3 Å². The predicted octanol–water partition coefficient (Wildman–Crippen LogP) is 1.74. The fourth-order valence-electron chi connectivity index (χ4n) is 3.25. The van der Waals surface area contributed by atoms with Crippen molar-refractivity contribution in [3.8, 4) is 0 Å². The maximum Gasteiger partial charge on any atom is 0.247 e. The number of nitrogens with one attached hydrogen (secondary N) is 1. The van der Waals surface area contributed by atoms with E-state index in [1.807, 2.05) is 0 Å². The van der Waals surface area contributed by atoms with Crippen LogP contribution in [0.4, 0.5) is 4.39 Å². The van der Waals surface area contributed by atoms with Crippen molar-refractivity contribution < 1.29 is 14.0 Å². The Morgan fingerprint density at radius 2 is 1.89 bits per heavy atom. The van der Waals surface area contributed by atoms with Crippen LogP contribution in [-0.4, -0.2) is 59.1 Å². The summed E-state index contributed by atoms with van der Waals surface area (Å²) in [6.45, 7) is 3.72. The summed E-state index contributed by atoms with van der Waals surface area (Å²) >= 11 is 5.13. The fourth-order valence-corrected chi connectivity index (χ4v) is 3.50. The number of hydrogen-bond donors (Lipinski definition) is 1. The number of rotatable bonds is 6. The van der Waals surface area contributed by atoms with Crippen molar-refractivity contribution in [2.24, 2.45) is 10.9 Å². The number of aliphatic imine (C=N–C) groups is 1. The molecule has 2 saturated heterocycles. The minimum atomic E-state index is -0.987. The second kappa shape index (κ2) is 9.14. The summed E-state index contributed by atoms with van der Waals surface area (Å²) in [5.74, 6) is -2.20. The van der Waals surface area contributed by atoms with Gasteiger partial charge in [0.05, 0.1) is 13.1 Å².